The number of aliphatic hydroxyl groups is 1. The summed E-state index contributed by atoms with van der Waals surface area (Å²) in [5.41, 5.74) is -1.15. The molecule has 9 heteroatoms. The number of nitrogens with one attached hydrogen (secondary N) is 3. The molecular weight excluding hydrogens is 472 g/mol. The Hall–Kier alpha value is -2.16. The van der Waals surface area contributed by atoms with Crippen LogP contribution in [0.15, 0.2) is 0 Å². The Morgan fingerprint density at radius 3 is 2.08 bits per heavy atom. The summed E-state index contributed by atoms with van der Waals surface area (Å²) in [7, 11) is 0. The van der Waals surface area contributed by atoms with Gasteiger partial charge in [-0.05, 0) is 62.7 Å². The Morgan fingerprint density at radius 2 is 1.62 bits per heavy atom. The van der Waals surface area contributed by atoms with Crippen LogP contribution in [0.3, 0.4) is 0 Å². The van der Waals surface area contributed by atoms with Crippen LogP contribution in [0.4, 0.5) is 4.79 Å². The van der Waals surface area contributed by atoms with Gasteiger partial charge in [0.05, 0.1) is 6.04 Å². The van der Waals surface area contributed by atoms with Gasteiger partial charge in [-0.3, -0.25) is 14.4 Å². The summed E-state index contributed by atoms with van der Waals surface area (Å²) in [5.74, 6) is -0.458. The summed E-state index contributed by atoms with van der Waals surface area (Å²) < 4.78 is 0. The molecule has 0 aromatic heterocycles. The zero-order valence-corrected chi connectivity index (χ0v) is 24.1. The average Bonchev–Trinajstić information content (AvgIpc) is 3.06. The van der Waals surface area contributed by atoms with Gasteiger partial charge in [0.25, 0.3) is 0 Å². The standard InChI is InChI=1S/C28H48N4O5/c1-15(33)21(34)18(13-16-11-10-12-16)29-23(35)20-19-17(28(19,8)9)14-32(20)24(36)22(26(2,3)4)30-25(37)31-27(5,6)7/h16-22,34H,10-14H2,1-9H3,(H,29,35)(H2,30,31,37)/t17?,18?,19?,20-,21?,22+/m0/s1. The van der Waals surface area contributed by atoms with Gasteiger partial charge in [0.1, 0.15) is 18.2 Å². The second-order valence-electron chi connectivity index (χ2n) is 14.2. The fourth-order valence-electron chi connectivity index (χ4n) is 6.04. The summed E-state index contributed by atoms with van der Waals surface area (Å²) in [6.45, 7) is 17.3. The van der Waals surface area contributed by atoms with Crippen molar-refractivity contribution in [3.63, 3.8) is 0 Å². The summed E-state index contributed by atoms with van der Waals surface area (Å²) in [6.07, 6.45) is 2.44. The van der Waals surface area contributed by atoms with Crippen LogP contribution >= 0.6 is 0 Å². The molecule has 4 N–H and O–H groups in total. The predicted molar refractivity (Wildman–Crippen MR) is 142 cm³/mol. The van der Waals surface area contributed by atoms with Gasteiger partial charge in [0.15, 0.2) is 5.78 Å². The van der Waals surface area contributed by atoms with Crippen LogP contribution in [-0.4, -0.2) is 69.9 Å². The van der Waals surface area contributed by atoms with Gasteiger partial charge in [-0.15, -0.1) is 0 Å². The molecule has 0 bridgehead atoms. The second kappa shape index (κ2) is 10.2. The maximum Gasteiger partial charge on any atom is 0.315 e. The Balaban J connectivity index is 1.83. The van der Waals surface area contributed by atoms with E-state index in [-0.39, 0.29) is 34.8 Å². The van der Waals surface area contributed by atoms with Crippen LogP contribution in [0.5, 0.6) is 0 Å². The molecule has 6 atom stereocenters. The number of nitrogens with zero attached hydrogens (tertiary/aromatic N) is 1. The van der Waals surface area contributed by atoms with Gasteiger partial charge in [0, 0.05) is 12.1 Å². The molecular formula is C28H48N4O5. The van der Waals surface area contributed by atoms with E-state index < -0.39 is 41.2 Å². The van der Waals surface area contributed by atoms with Crippen LogP contribution in [0.25, 0.3) is 0 Å². The maximum absolute atomic E-state index is 13.9. The number of hydrogen-bond donors (Lipinski definition) is 4. The van der Waals surface area contributed by atoms with Crippen LogP contribution in [0.1, 0.15) is 88.0 Å². The van der Waals surface area contributed by atoms with Crippen molar-refractivity contribution >= 4 is 23.6 Å². The highest BCUT2D eigenvalue weighted by molar-refractivity contribution is 5.94. The van der Waals surface area contributed by atoms with Crippen molar-refractivity contribution < 1.29 is 24.3 Å². The number of urea groups is 1. The van der Waals surface area contributed by atoms with Crippen molar-refractivity contribution in [1.29, 1.82) is 0 Å². The van der Waals surface area contributed by atoms with Crippen molar-refractivity contribution in [2.24, 2.45) is 28.6 Å². The van der Waals surface area contributed by atoms with Crippen LogP contribution < -0.4 is 16.0 Å². The molecule has 0 radical (unpaired) electrons. The highest BCUT2D eigenvalue weighted by Gasteiger charge is 2.69. The van der Waals surface area contributed by atoms with E-state index in [0.29, 0.717) is 18.9 Å². The largest absolute Gasteiger partial charge is 0.383 e. The lowest BCUT2D eigenvalue weighted by Gasteiger charge is -2.39. The highest BCUT2D eigenvalue weighted by Crippen LogP contribution is 2.65. The first-order chi connectivity index (χ1) is 16.8. The number of ketones is 1. The number of likely N-dealkylation sites (tertiary alicyclic amines) is 1. The van der Waals surface area contributed by atoms with E-state index in [2.05, 4.69) is 29.8 Å². The smallest absolute Gasteiger partial charge is 0.315 e. The van der Waals surface area contributed by atoms with E-state index in [1.54, 1.807) is 4.90 Å². The third kappa shape index (κ3) is 6.47. The Bertz CT molecular complexity index is 915. The monoisotopic (exact) mass is 520 g/mol. The number of amides is 4. The zero-order chi connectivity index (χ0) is 28.1. The number of piperidine rings is 1. The number of aliphatic hydroxyl groups excluding tert-OH is 1. The zero-order valence-electron chi connectivity index (χ0n) is 24.1. The number of fused-ring (bicyclic) bond motifs is 1. The quantitative estimate of drug-likeness (QED) is 0.391. The highest BCUT2D eigenvalue weighted by atomic mass is 16.3. The average molecular weight is 521 g/mol. The van der Waals surface area contributed by atoms with E-state index in [4.69, 9.17) is 0 Å². The molecule has 3 fully saturated rings. The lowest BCUT2D eigenvalue weighted by molar-refractivity contribution is -0.144. The normalized spacial score (nSPS) is 27.3. The van der Waals surface area contributed by atoms with Crippen molar-refractivity contribution in [1.82, 2.24) is 20.9 Å². The molecule has 210 valence electrons. The van der Waals surface area contributed by atoms with Crippen molar-refractivity contribution in [3.05, 3.63) is 0 Å². The molecule has 2 saturated carbocycles. The summed E-state index contributed by atoms with van der Waals surface area (Å²) >= 11 is 0. The lowest BCUT2D eigenvalue weighted by Crippen LogP contribution is -2.62. The molecule has 0 aromatic carbocycles. The SMILES string of the molecule is CC(=O)C(O)C(CC1CCC1)NC(=O)[C@@H]1C2C(CN1C(=O)[C@@H](NC(=O)NC(C)(C)C)C(C)(C)C)C2(C)C. The van der Waals surface area contributed by atoms with Gasteiger partial charge in [-0.2, -0.15) is 0 Å². The minimum absolute atomic E-state index is 0.0145. The van der Waals surface area contributed by atoms with Gasteiger partial charge in [0.2, 0.25) is 11.8 Å². The van der Waals surface area contributed by atoms with E-state index in [0.717, 1.165) is 19.3 Å². The molecule has 3 rings (SSSR count). The molecule has 4 unspecified atom stereocenters. The molecule has 0 spiro atoms. The molecule has 1 heterocycles. The predicted octanol–water partition coefficient (Wildman–Crippen LogP) is 2.61. The molecule has 9 nitrogen and oxygen atoms in total. The van der Waals surface area contributed by atoms with E-state index >= 15 is 0 Å². The summed E-state index contributed by atoms with van der Waals surface area (Å²) in [4.78, 5) is 54.1. The number of carbonyl (C=O) groups is 4. The fraction of sp³-hybridized carbons (Fsp3) is 0.857. The number of rotatable bonds is 8. The molecule has 4 amide bonds. The fourth-order valence-corrected chi connectivity index (χ4v) is 6.04. The number of hydrogen-bond acceptors (Lipinski definition) is 5. The van der Waals surface area contributed by atoms with Gasteiger partial charge < -0.3 is 26.0 Å². The van der Waals surface area contributed by atoms with E-state index in [9.17, 15) is 24.3 Å². The third-order valence-electron chi connectivity index (χ3n) is 8.57. The number of carbonyl (C=O) groups excluding carboxylic acids is 4. The van der Waals surface area contributed by atoms with Gasteiger partial charge in [-0.1, -0.05) is 53.9 Å². The molecule has 37 heavy (non-hydrogen) atoms. The summed E-state index contributed by atoms with van der Waals surface area (Å²) in [5, 5.41) is 19.3. The van der Waals surface area contributed by atoms with Gasteiger partial charge >= 0.3 is 6.03 Å². The first-order valence-corrected chi connectivity index (χ1v) is 13.7. The molecule has 0 aromatic rings. The van der Waals surface area contributed by atoms with Crippen LogP contribution in [0.2, 0.25) is 0 Å². The maximum atomic E-state index is 13.9. The Morgan fingerprint density at radius 1 is 1.03 bits per heavy atom. The first-order valence-electron chi connectivity index (χ1n) is 13.7. The topological polar surface area (TPSA) is 128 Å². The molecule has 1 aliphatic heterocycles. The minimum Gasteiger partial charge on any atom is -0.383 e. The summed E-state index contributed by atoms with van der Waals surface area (Å²) in [6, 6.07) is -2.66. The van der Waals surface area contributed by atoms with Crippen molar-refractivity contribution in [2.45, 2.75) is 118 Å². The Kier molecular flexibility index (Phi) is 8.10. The minimum atomic E-state index is -1.27. The molecule has 3 aliphatic rings. The van der Waals surface area contributed by atoms with Gasteiger partial charge in [-0.25, -0.2) is 4.79 Å². The molecule has 2 aliphatic carbocycles. The van der Waals surface area contributed by atoms with Crippen LogP contribution in [-0.2, 0) is 14.4 Å². The van der Waals surface area contributed by atoms with E-state index in [1.165, 1.54) is 6.92 Å². The third-order valence-corrected chi connectivity index (χ3v) is 8.57. The number of Topliss-reactive ketones (excluding diaryl/α,β-unsaturated/α-hetero) is 1. The van der Waals surface area contributed by atoms with Crippen LogP contribution in [0, 0.1) is 28.6 Å². The lowest BCUT2D eigenvalue weighted by atomic mass is 9.79. The van der Waals surface area contributed by atoms with E-state index in [1.807, 2.05) is 41.5 Å². The van der Waals surface area contributed by atoms with Crippen molar-refractivity contribution in [3.8, 4) is 0 Å². The van der Waals surface area contributed by atoms with Crippen molar-refractivity contribution in [2.75, 3.05) is 6.54 Å². The first kappa shape index (κ1) is 29.4. The Labute approximate surface area is 221 Å². The second-order valence-corrected chi connectivity index (χ2v) is 14.2. The molecule has 1 saturated heterocycles.